The molecule has 2 rings (SSSR count). The number of hydrogen-bond donors (Lipinski definition) is 0. The highest BCUT2D eigenvalue weighted by atomic mass is 35.5. The molecular formula is C12H8ClF3N2. The van der Waals surface area contributed by atoms with Gasteiger partial charge in [0.2, 0.25) is 0 Å². The molecule has 2 nitrogen and oxygen atoms in total. The largest absolute Gasteiger partial charge is 0.417 e. The number of halogens is 4. The molecular weight excluding hydrogens is 265 g/mol. The van der Waals surface area contributed by atoms with E-state index in [1.807, 2.05) is 0 Å². The van der Waals surface area contributed by atoms with Crippen molar-refractivity contribution >= 4 is 11.6 Å². The Bertz CT molecular complexity index is 538. The van der Waals surface area contributed by atoms with Gasteiger partial charge in [0.05, 0.1) is 11.4 Å². The fourth-order valence-corrected chi connectivity index (χ4v) is 1.68. The van der Waals surface area contributed by atoms with E-state index in [0.29, 0.717) is 11.4 Å². The van der Waals surface area contributed by atoms with Crippen LogP contribution in [0.25, 0.3) is 11.1 Å². The molecule has 1 aromatic carbocycles. The van der Waals surface area contributed by atoms with Crippen LogP contribution in [0, 0.1) is 0 Å². The van der Waals surface area contributed by atoms with Crippen LogP contribution in [-0.2, 0) is 12.1 Å². The lowest BCUT2D eigenvalue weighted by molar-refractivity contribution is -0.137. The van der Waals surface area contributed by atoms with Gasteiger partial charge in [-0.2, -0.15) is 13.2 Å². The molecule has 6 heteroatoms. The second-order valence-corrected chi connectivity index (χ2v) is 3.83. The smallest absolute Gasteiger partial charge is 0.239 e. The first kappa shape index (κ1) is 12.8. The normalized spacial score (nSPS) is 11.6. The lowest BCUT2D eigenvalue weighted by Crippen LogP contribution is -2.07. The Balaban J connectivity index is 2.50. The average molecular weight is 273 g/mol. The predicted octanol–water partition coefficient (Wildman–Crippen LogP) is 3.90. The molecule has 0 saturated heterocycles. The van der Waals surface area contributed by atoms with Gasteiger partial charge < -0.3 is 0 Å². The number of rotatable bonds is 2. The number of benzene rings is 1. The minimum atomic E-state index is -4.40. The summed E-state index contributed by atoms with van der Waals surface area (Å²) in [5, 5.41) is 0. The highest BCUT2D eigenvalue weighted by Crippen LogP contribution is 2.36. The van der Waals surface area contributed by atoms with Gasteiger partial charge in [0.25, 0.3) is 0 Å². The molecule has 0 atom stereocenters. The molecule has 0 fully saturated rings. The molecule has 0 saturated carbocycles. The zero-order chi connectivity index (χ0) is 13.2. The highest BCUT2D eigenvalue weighted by Gasteiger charge is 2.33. The number of nitrogens with zero attached hydrogens (tertiary/aromatic N) is 2. The van der Waals surface area contributed by atoms with Crippen molar-refractivity contribution in [1.82, 2.24) is 9.97 Å². The zero-order valence-electron chi connectivity index (χ0n) is 9.08. The van der Waals surface area contributed by atoms with Crippen molar-refractivity contribution in [2.45, 2.75) is 12.1 Å². The maximum Gasteiger partial charge on any atom is 0.417 e. The van der Waals surface area contributed by atoms with Gasteiger partial charge in [-0.15, -0.1) is 11.6 Å². The summed E-state index contributed by atoms with van der Waals surface area (Å²) in [4.78, 5) is 7.77. The van der Waals surface area contributed by atoms with E-state index in [4.69, 9.17) is 11.6 Å². The maximum atomic E-state index is 12.8. The van der Waals surface area contributed by atoms with E-state index >= 15 is 0 Å². The predicted molar refractivity (Wildman–Crippen MR) is 62.0 cm³/mol. The summed E-state index contributed by atoms with van der Waals surface area (Å²) < 4.78 is 38.5. The molecule has 0 aliphatic rings. The Hall–Kier alpha value is -1.62. The molecule has 0 aliphatic carbocycles. The summed E-state index contributed by atoms with van der Waals surface area (Å²) in [5.41, 5.74) is -0.324. The van der Waals surface area contributed by atoms with Crippen molar-refractivity contribution in [3.05, 3.63) is 48.0 Å². The van der Waals surface area contributed by atoms with Crippen LogP contribution in [0.2, 0.25) is 0 Å². The van der Waals surface area contributed by atoms with E-state index in [1.54, 1.807) is 6.07 Å². The van der Waals surface area contributed by atoms with E-state index in [1.165, 1.54) is 24.5 Å². The van der Waals surface area contributed by atoms with Crippen LogP contribution in [-0.4, -0.2) is 9.97 Å². The summed E-state index contributed by atoms with van der Waals surface area (Å²) in [7, 11) is 0. The second kappa shape index (κ2) is 4.94. The lowest BCUT2D eigenvalue weighted by atomic mass is 10.0. The Morgan fingerprint density at radius 1 is 1.06 bits per heavy atom. The molecule has 0 amide bonds. The summed E-state index contributed by atoms with van der Waals surface area (Å²) in [6.45, 7) is 0. The van der Waals surface area contributed by atoms with Gasteiger partial charge >= 0.3 is 6.18 Å². The van der Waals surface area contributed by atoms with Crippen LogP contribution in [0.3, 0.4) is 0 Å². The lowest BCUT2D eigenvalue weighted by Gasteiger charge is -2.12. The fraction of sp³-hybridized carbons (Fsp3) is 0.167. The molecule has 0 N–H and O–H groups in total. The van der Waals surface area contributed by atoms with Gasteiger partial charge in [-0.25, -0.2) is 9.97 Å². The van der Waals surface area contributed by atoms with Crippen molar-refractivity contribution in [1.29, 1.82) is 0 Å². The van der Waals surface area contributed by atoms with Gasteiger partial charge in [0, 0.05) is 18.0 Å². The second-order valence-electron chi connectivity index (χ2n) is 3.56. The summed E-state index contributed by atoms with van der Waals surface area (Å²) in [6, 6.07) is 5.31. The van der Waals surface area contributed by atoms with Crippen LogP contribution >= 0.6 is 11.6 Å². The van der Waals surface area contributed by atoms with Gasteiger partial charge in [-0.1, -0.05) is 18.2 Å². The van der Waals surface area contributed by atoms with Crippen LogP contribution in [0.5, 0.6) is 0 Å². The molecule has 0 aliphatic heterocycles. The molecule has 94 valence electrons. The molecule has 0 radical (unpaired) electrons. The van der Waals surface area contributed by atoms with Gasteiger partial charge in [0.15, 0.2) is 0 Å². The van der Waals surface area contributed by atoms with E-state index < -0.39 is 11.7 Å². The first-order chi connectivity index (χ1) is 8.52. The molecule has 0 unspecified atom stereocenters. The quantitative estimate of drug-likeness (QED) is 0.775. The van der Waals surface area contributed by atoms with Crippen LogP contribution in [0.15, 0.2) is 36.7 Å². The van der Waals surface area contributed by atoms with Gasteiger partial charge in [-0.3, -0.25) is 0 Å². The van der Waals surface area contributed by atoms with Crippen LogP contribution < -0.4 is 0 Å². The van der Waals surface area contributed by atoms with E-state index in [0.717, 1.165) is 6.07 Å². The Labute approximate surface area is 106 Å². The number of hydrogen-bond acceptors (Lipinski definition) is 2. The third-order valence-electron chi connectivity index (χ3n) is 2.37. The Morgan fingerprint density at radius 2 is 1.67 bits per heavy atom. The zero-order valence-corrected chi connectivity index (χ0v) is 9.83. The van der Waals surface area contributed by atoms with Crippen molar-refractivity contribution in [3.8, 4) is 11.1 Å². The topological polar surface area (TPSA) is 25.8 Å². The van der Waals surface area contributed by atoms with Gasteiger partial charge in [0.1, 0.15) is 5.82 Å². The number of alkyl halides is 4. The minimum absolute atomic E-state index is 0.0612. The standard InChI is InChI=1S/C12H8ClF3N2/c13-5-11-17-6-8(7-18-11)9-3-1-2-4-10(9)12(14,15)16/h1-4,6-7H,5H2. The highest BCUT2D eigenvalue weighted by molar-refractivity contribution is 6.16. The third-order valence-corrected chi connectivity index (χ3v) is 2.61. The molecule has 18 heavy (non-hydrogen) atoms. The van der Waals surface area contributed by atoms with Gasteiger partial charge in [-0.05, 0) is 11.6 Å². The molecule has 1 aromatic heterocycles. The summed E-state index contributed by atoms with van der Waals surface area (Å²) >= 11 is 5.52. The molecule has 0 spiro atoms. The molecule has 0 bridgehead atoms. The monoisotopic (exact) mass is 272 g/mol. The summed E-state index contributed by atoms with van der Waals surface area (Å²) in [5.74, 6) is 0.506. The van der Waals surface area contributed by atoms with Crippen molar-refractivity contribution in [3.63, 3.8) is 0 Å². The minimum Gasteiger partial charge on any atom is -0.239 e. The third kappa shape index (κ3) is 2.61. The SMILES string of the molecule is FC(F)(F)c1ccccc1-c1cnc(CCl)nc1. The van der Waals surface area contributed by atoms with Crippen molar-refractivity contribution in [2.75, 3.05) is 0 Å². The molecule has 2 aromatic rings. The maximum absolute atomic E-state index is 12.8. The van der Waals surface area contributed by atoms with Crippen molar-refractivity contribution in [2.24, 2.45) is 0 Å². The summed E-state index contributed by atoms with van der Waals surface area (Å²) in [6.07, 6.45) is -1.72. The number of aromatic nitrogens is 2. The Morgan fingerprint density at radius 3 is 2.22 bits per heavy atom. The van der Waals surface area contributed by atoms with E-state index in [-0.39, 0.29) is 11.4 Å². The first-order valence-corrected chi connectivity index (χ1v) is 5.59. The Kier molecular flexibility index (Phi) is 3.52. The first-order valence-electron chi connectivity index (χ1n) is 5.06. The van der Waals surface area contributed by atoms with Crippen LogP contribution in [0.4, 0.5) is 13.2 Å². The average Bonchev–Trinajstić information content (AvgIpc) is 2.38. The van der Waals surface area contributed by atoms with E-state index in [2.05, 4.69) is 9.97 Å². The van der Waals surface area contributed by atoms with Crippen molar-refractivity contribution < 1.29 is 13.2 Å². The van der Waals surface area contributed by atoms with Crippen LogP contribution in [0.1, 0.15) is 11.4 Å². The van der Waals surface area contributed by atoms with E-state index in [9.17, 15) is 13.2 Å². The fourth-order valence-electron chi connectivity index (χ4n) is 1.54. The molecule has 1 heterocycles.